The first kappa shape index (κ1) is 14.6. The number of nitrogens with zero attached hydrogens (tertiary/aromatic N) is 1. The smallest absolute Gasteiger partial charge is 0.400 e. The first-order valence-corrected chi connectivity index (χ1v) is 7.61. The molecule has 0 spiro atoms. The summed E-state index contributed by atoms with van der Waals surface area (Å²) >= 11 is 1.63. The van der Waals surface area contributed by atoms with Crippen molar-refractivity contribution in [1.82, 2.24) is 4.98 Å². The molecule has 0 saturated carbocycles. The second-order valence-corrected chi connectivity index (χ2v) is 6.42. The molecule has 0 atom stereocenters. The number of hydrogen-bond acceptors (Lipinski definition) is 4. The Balaban J connectivity index is 2.08. The zero-order valence-electron chi connectivity index (χ0n) is 12.1. The lowest BCUT2D eigenvalue weighted by Crippen LogP contribution is -2.41. The van der Waals surface area contributed by atoms with Gasteiger partial charge in [0.15, 0.2) is 0 Å². The zero-order valence-corrected chi connectivity index (χ0v) is 13.0. The molecule has 1 aliphatic rings. The highest BCUT2D eigenvalue weighted by molar-refractivity contribution is 7.98. The maximum Gasteiger partial charge on any atom is 0.487 e. The topological polar surface area (TPSA) is 31.4 Å². The fourth-order valence-electron chi connectivity index (χ4n) is 1.78. The SMILES string of the molecule is CSc1cccc(/C=C/B2OC(C)(C)C(C)(C)O2)n1. The lowest BCUT2D eigenvalue weighted by atomic mass is 9.90. The van der Waals surface area contributed by atoms with Crippen molar-refractivity contribution in [2.75, 3.05) is 6.26 Å². The van der Waals surface area contributed by atoms with Crippen LogP contribution in [0.5, 0.6) is 0 Å². The van der Waals surface area contributed by atoms with Crippen molar-refractivity contribution in [3.63, 3.8) is 0 Å². The van der Waals surface area contributed by atoms with Crippen molar-refractivity contribution in [2.45, 2.75) is 43.9 Å². The minimum atomic E-state index is -0.315. The van der Waals surface area contributed by atoms with Gasteiger partial charge in [-0.05, 0) is 52.2 Å². The van der Waals surface area contributed by atoms with E-state index < -0.39 is 0 Å². The van der Waals surface area contributed by atoms with E-state index >= 15 is 0 Å². The van der Waals surface area contributed by atoms with Gasteiger partial charge in [-0.15, -0.1) is 11.8 Å². The maximum absolute atomic E-state index is 5.90. The third-order valence-corrected chi connectivity index (χ3v) is 4.30. The average molecular weight is 277 g/mol. The summed E-state index contributed by atoms with van der Waals surface area (Å²) in [6.45, 7) is 8.20. The second-order valence-electron chi connectivity index (χ2n) is 5.59. The molecule has 1 fully saturated rings. The summed E-state index contributed by atoms with van der Waals surface area (Å²) < 4.78 is 11.8. The molecule has 0 unspecified atom stereocenters. The highest BCUT2D eigenvalue weighted by Gasteiger charge is 2.49. The Bertz CT molecular complexity index is 472. The van der Waals surface area contributed by atoms with Crippen LogP contribution in [-0.4, -0.2) is 29.6 Å². The van der Waals surface area contributed by atoms with Crippen LogP contribution in [0.4, 0.5) is 0 Å². The zero-order chi connectivity index (χ0) is 14.1. The predicted octanol–water partition coefficient (Wildman–Crippen LogP) is 3.45. The van der Waals surface area contributed by atoms with E-state index in [0.717, 1.165) is 10.7 Å². The number of hydrogen-bond donors (Lipinski definition) is 0. The predicted molar refractivity (Wildman–Crippen MR) is 81.1 cm³/mol. The summed E-state index contributed by atoms with van der Waals surface area (Å²) in [5.41, 5.74) is 0.328. The molecular formula is C14H20BNO2S. The molecule has 2 rings (SSSR count). The third-order valence-electron chi connectivity index (χ3n) is 3.65. The van der Waals surface area contributed by atoms with Crippen LogP contribution in [0.25, 0.3) is 6.08 Å². The molecule has 1 aromatic heterocycles. The van der Waals surface area contributed by atoms with Crippen LogP contribution >= 0.6 is 11.8 Å². The second kappa shape index (κ2) is 5.31. The molecule has 2 heterocycles. The minimum absolute atomic E-state index is 0.295. The number of thioether (sulfide) groups is 1. The van der Waals surface area contributed by atoms with Crippen LogP contribution < -0.4 is 0 Å². The van der Waals surface area contributed by atoms with Crippen molar-refractivity contribution >= 4 is 25.0 Å². The Morgan fingerprint density at radius 3 is 2.37 bits per heavy atom. The summed E-state index contributed by atoms with van der Waals surface area (Å²) in [4.78, 5) is 4.49. The van der Waals surface area contributed by atoms with E-state index in [2.05, 4.69) is 4.98 Å². The van der Waals surface area contributed by atoms with Gasteiger partial charge in [0, 0.05) is 0 Å². The van der Waals surface area contributed by atoms with E-state index in [1.54, 1.807) is 11.8 Å². The molecule has 0 bridgehead atoms. The number of rotatable bonds is 3. The molecule has 19 heavy (non-hydrogen) atoms. The Morgan fingerprint density at radius 2 is 1.79 bits per heavy atom. The Morgan fingerprint density at radius 1 is 1.16 bits per heavy atom. The van der Waals surface area contributed by atoms with Gasteiger partial charge in [0.05, 0.1) is 21.9 Å². The van der Waals surface area contributed by atoms with Gasteiger partial charge < -0.3 is 9.31 Å². The molecule has 1 aliphatic heterocycles. The lowest BCUT2D eigenvalue weighted by Gasteiger charge is -2.32. The van der Waals surface area contributed by atoms with E-state index in [-0.39, 0.29) is 18.3 Å². The van der Waals surface area contributed by atoms with E-state index in [1.165, 1.54) is 0 Å². The van der Waals surface area contributed by atoms with Gasteiger partial charge in [-0.1, -0.05) is 12.0 Å². The van der Waals surface area contributed by atoms with Gasteiger partial charge in [0.25, 0.3) is 0 Å². The molecule has 5 heteroatoms. The van der Waals surface area contributed by atoms with Crippen LogP contribution in [0.15, 0.2) is 29.2 Å². The molecule has 1 aromatic rings. The number of pyridine rings is 1. The molecule has 0 N–H and O–H groups in total. The fourth-order valence-corrected chi connectivity index (χ4v) is 2.19. The first-order valence-electron chi connectivity index (χ1n) is 6.39. The van der Waals surface area contributed by atoms with Gasteiger partial charge >= 0.3 is 7.12 Å². The van der Waals surface area contributed by atoms with Crippen LogP contribution in [0.3, 0.4) is 0 Å². The van der Waals surface area contributed by atoms with Gasteiger partial charge in [0.2, 0.25) is 0 Å². The summed E-state index contributed by atoms with van der Waals surface area (Å²) in [5.74, 6) is 1.92. The summed E-state index contributed by atoms with van der Waals surface area (Å²) in [5, 5.41) is 1.01. The third kappa shape index (κ3) is 3.22. The number of aromatic nitrogens is 1. The van der Waals surface area contributed by atoms with Crippen LogP contribution in [0, 0.1) is 0 Å². The summed E-state index contributed by atoms with van der Waals surface area (Å²) in [6, 6.07) is 5.97. The molecule has 0 aliphatic carbocycles. The summed E-state index contributed by atoms with van der Waals surface area (Å²) in [7, 11) is -0.315. The summed E-state index contributed by atoms with van der Waals surface area (Å²) in [6.07, 6.45) is 3.96. The van der Waals surface area contributed by atoms with Gasteiger partial charge in [0.1, 0.15) is 0 Å². The monoisotopic (exact) mass is 277 g/mol. The van der Waals surface area contributed by atoms with Crippen molar-refractivity contribution in [2.24, 2.45) is 0 Å². The van der Waals surface area contributed by atoms with E-state index in [4.69, 9.17) is 9.31 Å². The maximum atomic E-state index is 5.90. The minimum Gasteiger partial charge on any atom is -0.400 e. The largest absolute Gasteiger partial charge is 0.487 e. The van der Waals surface area contributed by atoms with Gasteiger partial charge in [-0.3, -0.25) is 0 Å². The Kier molecular flexibility index (Phi) is 4.09. The van der Waals surface area contributed by atoms with E-state index in [1.807, 2.05) is 64.2 Å². The lowest BCUT2D eigenvalue weighted by molar-refractivity contribution is 0.00578. The molecule has 1 saturated heterocycles. The van der Waals surface area contributed by atoms with Crippen molar-refractivity contribution in [1.29, 1.82) is 0 Å². The first-order chi connectivity index (χ1) is 8.84. The highest BCUT2D eigenvalue weighted by Crippen LogP contribution is 2.36. The van der Waals surface area contributed by atoms with Gasteiger partial charge in [-0.2, -0.15) is 0 Å². The van der Waals surface area contributed by atoms with Gasteiger partial charge in [-0.25, -0.2) is 4.98 Å². The van der Waals surface area contributed by atoms with Crippen molar-refractivity contribution in [3.8, 4) is 0 Å². The molecular weight excluding hydrogens is 257 g/mol. The van der Waals surface area contributed by atoms with E-state index in [9.17, 15) is 0 Å². The molecule has 3 nitrogen and oxygen atoms in total. The standard InChI is InChI=1S/C14H20BNO2S/c1-13(2)14(3,4)18-15(17-13)10-9-11-7-6-8-12(16-11)19-5/h6-10H,1-5H3/b10-9+. The van der Waals surface area contributed by atoms with Crippen LogP contribution in [0.1, 0.15) is 33.4 Å². The Hall–Kier alpha value is -0.775. The van der Waals surface area contributed by atoms with E-state index in [0.29, 0.717) is 0 Å². The quantitative estimate of drug-likeness (QED) is 0.625. The molecule has 102 valence electrons. The van der Waals surface area contributed by atoms with Crippen LogP contribution in [0.2, 0.25) is 0 Å². The average Bonchev–Trinajstić information content (AvgIpc) is 2.56. The van der Waals surface area contributed by atoms with Crippen molar-refractivity contribution < 1.29 is 9.31 Å². The normalized spacial score (nSPS) is 21.2. The van der Waals surface area contributed by atoms with Crippen LogP contribution in [-0.2, 0) is 9.31 Å². The highest BCUT2D eigenvalue weighted by atomic mass is 32.2. The molecule has 0 aromatic carbocycles. The molecule has 0 radical (unpaired) electrons. The van der Waals surface area contributed by atoms with Crippen molar-refractivity contribution in [3.05, 3.63) is 29.9 Å². The fraction of sp³-hybridized carbons (Fsp3) is 0.500. The Labute approximate surface area is 119 Å². The molecule has 0 amide bonds.